The highest BCUT2D eigenvalue weighted by atomic mass is 35.5. The molecular weight excluding hydrogens is 628 g/mol. The molecule has 7 rings (SSSR count). The van der Waals surface area contributed by atoms with Crippen molar-refractivity contribution < 1.29 is 22.3 Å². The van der Waals surface area contributed by atoms with Crippen LogP contribution in [0.4, 0.5) is 23.4 Å². The van der Waals surface area contributed by atoms with E-state index in [0.29, 0.717) is 67.5 Å². The lowest BCUT2D eigenvalue weighted by molar-refractivity contribution is -0.137. The van der Waals surface area contributed by atoms with Gasteiger partial charge >= 0.3 is 6.18 Å². The molecule has 46 heavy (non-hydrogen) atoms. The molecule has 11 nitrogen and oxygen atoms in total. The normalized spacial score (nSPS) is 16.7. The van der Waals surface area contributed by atoms with E-state index in [4.69, 9.17) is 26.6 Å². The van der Waals surface area contributed by atoms with Crippen LogP contribution in [-0.4, -0.2) is 58.9 Å². The third-order valence-corrected chi connectivity index (χ3v) is 8.36. The maximum atomic E-state index is 14.3. The molecule has 0 saturated carbocycles. The Morgan fingerprint density at radius 1 is 1.17 bits per heavy atom. The van der Waals surface area contributed by atoms with Crippen LogP contribution in [0.1, 0.15) is 40.5 Å². The number of hydrogen-bond donors (Lipinski definition) is 2. The van der Waals surface area contributed by atoms with Crippen LogP contribution in [0.15, 0.2) is 36.5 Å². The Kier molecular flexibility index (Phi) is 7.79. The number of nitriles is 1. The fourth-order valence-corrected chi connectivity index (χ4v) is 5.79. The average Bonchev–Trinajstić information content (AvgIpc) is 3.62. The van der Waals surface area contributed by atoms with Gasteiger partial charge in [0, 0.05) is 36.8 Å². The molecule has 0 spiro atoms. The minimum atomic E-state index is -4.65. The van der Waals surface area contributed by atoms with Crippen molar-refractivity contribution in [3.05, 3.63) is 81.4 Å². The number of halogens is 5. The van der Waals surface area contributed by atoms with Gasteiger partial charge in [-0.2, -0.15) is 18.4 Å². The number of pyridine rings is 2. The lowest BCUT2D eigenvalue weighted by Crippen LogP contribution is -2.34. The first-order chi connectivity index (χ1) is 22.1. The number of imidazole rings is 1. The van der Waals surface area contributed by atoms with Crippen LogP contribution in [0, 0.1) is 17.1 Å². The second kappa shape index (κ2) is 11.9. The third kappa shape index (κ3) is 5.98. The van der Waals surface area contributed by atoms with E-state index in [2.05, 4.69) is 39.9 Å². The zero-order valence-corrected chi connectivity index (χ0v) is 24.8. The fourth-order valence-electron chi connectivity index (χ4n) is 5.63. The Morgan fingerprint density at radius 3 is 2.74 bits per heavy atom. The first-order valence-electron chi connectivity index (χ1n) is 14.4. The molecule has 0 aliphatic carbocycles. The number of H-pyrrole nitrogens is 1. The van der Waals surface area contributed by atoms with Gasteiger partial charge in [0.05, 0.1) is 47.7 Å². The molecular formula is C30H25ClF4N10O. The van der Waals surface area contributed by atoms with Gasteiger partial charge in [0.1, 0.15) is 29.2 Å². The summed E-state index contributed by atoms with van der Waals surface area (Å²) in [5.74, 6) is 0.177. The number of nitrogens with one attached hydrogen (secondary N) is 2. The van der Waals surface area contributed by atoms with E-state index in [1.807, 2.05) is 6.07 Å². The van der Waals surface area contributed by atoms with E-state index in [9.17, 15) is 17.6 Å². The molecule has 2 aliphatic heterocycles. The highest BCUT2D eigenvalue weighted by Crippen LogP contribution is 2.37. The highest BCUT2D eigenvalue weighted by molar-refractivity contribution is 6.30. The summed E-state index contributed by atoms with van der Waals surface area (Å²) in [6, 6.07) is 8.83. The number of rotatable bonds is 8. The molecule has 5 aromatic rings. The van der Waals surface area contributed by atoms with Gasteiger partial charge in [-0.3, -0.25) is 9.88 Å². The van der Waals surface area contributed by atoms with E-state index in [0.717, 1.165) is 29.9 Å². The maximum Gasteiger partial charge on any atom is 0.419 e. The van der Waals surface area contributed by atoms with Crippen LogP contribution in [0.3, 0.4) is 0 Å². The van der Waals surface area contributed by atoms with Crippen molar-refractivity contribution in [1.29, 1.82) is 5.26 Å². The van der Waals surface area contributed by atoms with Gasteiger partial charge in [-0.15, -0.1) is 10.2 Å². The van der Waals surface area contributed by atoms with Crippen LogP contribution < -0.4 is 5.32 Å². The Labute approximate surface area is 264 Å². The number of benzene rings is 1. The molecule has 1 atom stereocenters. The highest BCUT2D eigenvalue weighted by Gasteiger charge is 2.36. The summed E-state index contributed by atoms with van der Waals surface area (Å²) in [5, 5.41) is 19.7. The summed E-state index contributed by atoms with van der Waals surface area (Å²) in [5.41, 5.74) is 2.23. The molecule has 6 heterocycles. The molecule has 1 fully saturated rings. The van der Waals surface area contributed by atoms with Gasteiger partial charge < -0.3 is 19.6 Å². The zero-order chi connectivity index (χ0) is 32.0. The Balaban J connectivity index is 1.16. The third-order valence-electron chi connectivity index (χ3n) is 8.12. The van der Waals surface area contributed by atoms with Crippen LogP contribution >= 0.6 is 11.6 Å². The first-order valence-corrected chi connectivity index (χ1v) is 14.8. The quantitative estimate of drug-likeness (QED) is 0.216. The van der Waals surface area contributed by atoms with Crippen molar-refractivity contribution in [2.24, 2.45) is 0 Å². The number of nitrogens with zero attached hydrogens (tertiary/aromatic N) is 8. The largest absolute Gasteiger partial charge is 0.419 e. The van der Waals surface area contributed by atoms with E-state index in [1.165, 1.54) is 12.1 Å². The lowest BCUT2D eigenvalue weighted by Gasteiger charge is -2.30. The van der Waals surface area contributed by atoms with E-state index in [-0.39, 0.29) is 34.9 Å². The standard InChI is InChI=1S/C30H25ClF4N10O/c31-18-2-1-17(21(32)8-18)11-38-28-20(30(33,34)35)7-16-3-5-44(14-24(16)40-28)15-27-39-22-9-23(29-41-26(10-36)42-43-29)37-12-25(22)45(27)13-19-4-6-46-19/h1-2,7-9,12,19H,3-6,11,13-15H2,(H,38,40)(H,41,42,43)/t19-/m0/s1. The second-order valence-corrected chi connectivity index (χ2v) is 11.6. The minimum absolute atomic E-state index is 0.0342. The average molecular weight is 653 g/mol. The number of fused-ring (bicyclic) bond motifs is 2. The molecule has 0 radical (unpaired) electrons. The van der Waals surface area contributed by atoms with Crippen molar-refractivity contribution in [3.8, 4) is 17.6 Å². The Bertz CT molecular complexity index is 1980. The van der Waals surface area contributed by atoms with Gasteiger partial charge in [-0.1, -0.05) is 17.7 Å². The van der Waals surface area contributed by atoms with Gasteiger partial charge in [0.15, 0.2) is 5.82 Å². The SMILES string of the molecule is N#Cc1nnc(-c2cc3nc(CN4CCc5cc(C(F)(F)F)c(NCc6ccc(Cl)cc6F)nc5C4)n(C[C@@H]4CCO4)c3cn2)[nH]1. The number of anilines is 1. The van der Waals surface area contributed by atoms with Crippen LogP contribution in [0.25, 0.3) is 22.6 Å². The Hall–Kier alpha value is -4.65. The summed E-state index contributed by atoms with van der Waals surface area (Å²) >= 11 is 5.82. The molecule has 236 valence electrons. The number of aromatic amines is 1. The predicted molar refractivity (Wildman–Crippen MR) is 158 cm³/mol. The molecule has 2 aliphatic rings. The van der Waals surface area contributed by atoms with E-state index in [1.54, 1.807) is 12.3 Å². The summed E-state index contributed by atoms with van der Waals surface area (Å²) in [6.45, 7) is 2.25. The topological polar surface area (TPSA) is 133 Å². The van der Waals surface area contributed by atoms with Crippen molar-refractivity contribution in [3.63, 3.8) is 0 Å². The number of ether oxygens (including phenoxy) is 1. The first kappa shape index (κ1) is 30.0. The molecule has 4 aromatic heterocycles. The van der Waals surface area contributed by atoms with Crippen molar-refractivity contribution in [1.82, 2.24) is 39.6 Å². The molecule has 0 amide bonds. The van der Waals surface area contributed by atoms with Crippen molar-refractivity contribution >= 4 is 28.5 Å². The zero-order valence-electron chi connectivity index (χ0n) is 24.1. The smallest absolute Gasteiger partial charge is 0.376 e. The number of alkyl halides is 3. The van der Waals surface area contributed by atoms with Crippen LogP contribution in [-0.2, 0) is 43.5 Å². The number of hydrogen-bond acceptors (Lipinski definition) is 9. The lowest BCUT2D eigenvalue weighted by atomic mass is 10.0. The van der Waals surface area contributed by atoms with Gasteiger partial charge in [0.2, 0.25) is 5.82 Å². The maximum absolute atomic E-state index is 14.3. The monoisotopic (exact) mass is 652 g/mol. The number of aromatic nitrogens is 7. The molecule has 0 unspecified atom stereocenters. The molecule has 1 saturated heterocycles. The van der Waals surface area contributed by atoms with Crippen molar-refractivity contribution in [2.45, 2.75) is 51.3 Å². The van der Waals surface area contributed by atoms with Gasteiger partial charge in [-0.25, -0.2) is 14.4 Å². The summed E-state index contributed by atoms with van der Waals surface area (Å²) in [7, 11) is 0. The second-order valence-electron chi connectivity index (χ2n) is 11.2. The van der Waals surface area contributed by atoms with Crippen molar-refractivity contribution in [2.75, 3.05) is 18.5 Å². The van der Waals surface area contributed by atoms with Crippen LogP contribution in [0.2, 0.25) is 5.02 Å². The summed E-state index contributed by atoms with van der Waals surface area (Å²) in [6.07, 6.45) is -1.64. The molecule has 16 heteroatoms. The molecule has 1 aromatic carbocycles. The predicted octanol–water partition coefficient (Wildman–Crippen LogP) is 5.25. The van der Waals surface area contributed by atoms with Gasteiger partial charge in [0.25, 0.3) is 0 Å². The van der Waals surface area contributed by atoms with Crippen LogP contribution in [0.5, 0.6) is 0 Å². The summed E-state index contributed by atoms with van der Waals surface area (Å²) in [4.78, 5) is 18.7. The summed E-state index contributed by atoms with van der Waals surface area (Å²) < 4.78 is 64.2. The fraction of sp³-hybridized carbons (Fsp3) is 0.333. The van der Waals surface area contributed by atoms with E-state index >= 15 is 0 Å². The van der Waals surface area contributed by atoms with E-state index < -0.39 is 17.6 Å². The minimum Gasteiger partial charge on any atom is -0.376 e. The molecule has 0 bridgehead atoms. The molecule has 2 N–H and O–H groups in total. The Morgan fingerprint density at radius 2 is 2.02 bits per heavy atom. The van der Waals surface area contributed by atoms with Gasteiger partial charge in [-0.05, 0) is 42.7 Å².